The number of aryl methyl sites for hydroxylation is 2. The minimum Gasteiger partial charge on any atom is -0.484 e. The van der Waals surface area contributed by atoms with Gasteiger partial charge >= 0.3 is 6.18 Å². The summed E-state index contributed by atoms with van der Waals surface area (Å²) in [5, 5.41) is 6.46. The molecular formula is C20H24F3N3O5S. The molecular weight excluding hydrogens is 451 g/mol. The van der Waals surface area contributed by atoms with Crippen molar-refractivity contribution in [3.05, 3.63) is 41.3 Å². The Kier molecular flexibility index (Phi) is 7.13. The Bertz CT molecular complexity index is 1030. The fraction of sp³-hybridized carbons (Fsp3) is 0.500. The van der Waals surface area contributed by atoms with Gasteiger partial charge in [0.2, 0.25) is 15.9 Å². The van der Waals surface area contributed by atoms with Crippen LogP contribution in [-0.2, 0) is 21.4 Å². The number of rotatable bonds is 7. The van der Waals surface area contributed by atoms with Crippen molar-refractivity contribution in [2.24, 2.45) is 5.92 Å². The molecule has 3 rings (SSSR count). The van der Waals surface area contributed by atoms with Gasteiger partial charge in [-0.2, -0.15) is 17.5 Å². The van der Waals surface area contributed by atoms with E-state index in [2.05, 4.69) is 15.2 Å². The average molecular weight is 475 g/mol. The first-order chi connectivity index (χ1) is 15.0. The van der Waals surface area contributed by atoms with E-state index in [0.29, 0.717) is 24.9 Å². The number of benzene rings is 1. The topological polar surface area (TPSA) is 102 Å². The lowest BCUT2D eigenvalue weighted by atomic mass is 9.99. The van der Waals surface area contributed by atoms with Gasteiger partial charge in [0, 0.05) is 19.6 Å². The maximum Gasteiger partial charge on any atom is 0.422 e. The Morgan fingerprint density at radius 1 is 1.28 bits per heavy atom. The first-order valence-corrected chi connectivity index (χ1v) is 11.4. The summed E-state index contributed by atoms with van der Waals surface area (Å²) in [5.41, 5.74) is 0.949. The molecule has 1 unspecified atom stereocenters. The second kappa shape index (κ2) is 9.49. The molecule has 176 valence electrons. The second-order valence-electron chi connectivity index (χ2n) is 7.62. The van der Waals surface area contributed by atoms with Crippen molar-refractivity contribution in [3.8, 4) is 5.75 Å². The van der Waals surface area contributed by atoms with E-state index in [1.165, 1.54) is 23.4 Å². The Balaban J connectivity index is 1.57. The molecule has 0 spiro atoms. The maximum atomic E-state index is 13.0. The first-order valence-electron chi connectivity index (χ1n) is 9.96. The summed E-state index contributed by atoms with van der Waals surface area (Å²) in [5.74, 6) is -0.531. The molecule has 12 heteroatoms. The van der Waals surface area contributed by atoms with Crippen LogP contribution in [0.5, 0.6) is 5.75 Å². The summed E-state index contributed by atoms with van der Waals surface area (Å²) >= 11 is 0. The number of aromatic nitrogens is 1. The molecule has 1 aliphatic rings. The summed E-state index contributed by atoms with van der Waals surface area (Å²) in [4.78, 5) is 12.7. The zero-order valence-electron chi connectivity index (χ0n) is 17.6. The van der Waals surface area contributed by atoms with E-state index in [1.807, 2.05) is 0 Å². The fourth-order valence-electron chi connectivity index (χ4n) is 3.55. The fourth-order valence-corrected chi connectivity index (χ4v) is 5.36. The van der Waals surface area contributed by atoms with Gasteiger partial charge in [0.15, 0.2) is 12.4 Å². The molecule has 0 bridgehead atoms. The summed E-state index contributed by atoms with van der Waals surface area (Å²) in [6.07, 6.45) is -3.34. The number of hydrogen-bond acceptors (Lipinski definition) is 6. The SMILES string of the molecule is Cc1noc(C)c1S(=O)(=O)N1CCCC(C(=O)NCc2ccc(OCC(F)(F)F)cc2)C1. The molecule has 0 saturated carbocycles. The number of ether oxygens (including phenoxy) is 1. The van der Waals surface area contributed by atoms with Gasteiger partial charge in [-0.3, -0.25) is 4.79 Å². The number of piperidine rings is 1. The Labute approximate surface area is 183 Å². The molecule has 2 heterocycles. The highest BCUT2D eigenvalue weighted by Gasteiger charge is 2.36. The van der Waals surface area contributed by atoms with E-state index < -0.39 is 28.7 Å². The second-order valence-corrected chi connectivity index (χ2v) is 9.50. The monoisotopic (exact) mass is 475 g/mol. The largest absolute Gasteiger partial charge is 0.484 e. The molecule has 8 nitrogen and oxygen atoms in total. The predicted octanol–water partition coefficient (Wildman–Crippen LogP) is 2.95. The number of nitrogens with one attached hydrogen (secondary N) is 1. The van der Waals surface area contributed by atoms with Gasteiger partial charge in [0.1, 0.15) is 16.3 Å². The molecule has 1 saturated heterocycles. The minimum atomic E-state index is -4.42. The molecule has 1 N–H and O–H groups in total. The number of alkyl halides is 3. The molecule has 1 aromatic heterocycles. The maximum absolute atomic E-state index is 13.0. The number of sulfonamides is 1. The summed E-state index contributed by atoms with van der Waals surface area (Å²) in [6, 6.07) is 5.90. The highest BCUT2D eigenvalue weighted by atomic mass is 32.2. The van der Waals surface area contributed by atoms with Gasteiger partial charge < -0.3 is 14.6 Å². The van der Waals surface area contributed by atoms with Crippen LogP contribution >= 0.6 is 0 Å². The van der Waals surface area contributed by atoms with Gasteiger partial charge in [-0.05, 0) is 44.4 Å². The van der Waals surface area contributed by atoms with Crippen LogP contribution in [0.25, 0.3) is 0 Å². The minimum absolute atomic E-state index is 0.0337. The quantitative estimate of drug-likeness (QED) is 0.661. The number of hydrogen-bond donors (Lipinski definition) is 1. The zero-order valence-corrected chi connectivity index (χ0v) is 18.4. The van der Waals surface area contributed by atoms with Gasteiger partial charge in [-0.1, -0.05) is 17.3 Å². The van der Waals surface area contributed by atoms with Crippen LogP contribution in [-0.4, -0.2) is 49.7 Å². The molecule has 1 atom stereocenters. The molecule has 1 aliphatic heterocycles. The molecule has 1 amide bonds. The van der Waals surface area contributed by atoms with Crippen LogP contribution < -0.4 is 10.1 Å². The Morgan fingerprint density at radius 2 is 1.97 bits per heavy atom. The molecule has 0 radical (unpaired) electrons. The van der Waals surface area contributed by atoms with Crippen molar-refractivity contribution < 1.29 is 35.6 Å². The molecule has 0 aliphatic carbocycles. The third kappa shape index (κ3) is 5.80. The van der Waals surface area contributed by atoms with Crippen molar-refractivity contribution in [2.45, 2.75) is 44.3 Å². The number of carbonyl (C=O) groups excluding carboxylic acids is 1. The highest BCUT2D eigenvalue weighted by molar-refractivity contribution is 7.89. The molecule has 32 heavy (non-hydrogen) atoms. The number of amides is 1. The normalized spacial score (nSPS) is 17.8. The lowest BCUT2D eigenvalue weighted by Crippen LogP contribution is -2.45. The van der Waals surface area contributed by atoms with E-state index in [0.717, 1.165) is 0 Å². The summed E-state index contributed by atoms with van der Waals surface area (Å²) in [6.45, 7) is 2.21. The van der Waals surface area contributed by atoms with Crippen molar-refractivity contribution >= 4 is 15.9 Å². The standard InChI is InChI=1S/C20H24F3N3O5S/c1-13-18(14(2)31-25-13)32(28,29)26-9-3-4-16(11-26)19(27)24-10-15-5-7-17(8-6-15)30-12-20(21,22)23/h5-8,16H,3-4,9-12H2,1-2H3,(H,24,27). The molecule has 1 fully saturated rings. The van der Waals surface area contributed by atoms with Gasteiger partial charge in [-0.15, -0.1) is 0 Å². The van der Waals surface area contributed by atoms with Crippen LogP contribution in [0.2, 0.25) is 0 Å². The molecule has 1 aromatic carbocycles. The molecule has 2 aromatic rings. The third-order valence-corrected chi connectivity index (χ3v) is 7.22. The first kappa shape index (κ1) is 24.1. The number of carbonyl (C=O) groups is 1. The van der Waals surface area contributed by atoms with E-state index in [-0.39, 0.29) is 41.1 Å². The van der Waals surface area contributed by atoms with E-state index in [4.69, 9.17) is 4.52 Å². The smallest absolute Gasteiger partial charge is 0.422 e. The Hall–Kier alpha value is -2.60. The lowest BCUT2D eigenvalue weighted by molar-refractivity contribution is -0.153. The van der Waals surface area contributed by atoms with Gasteiger partial charge in [0.05, 0.1) is 5.92 Å². The van der Waals surface area contributed by atoms with E-state index in [9.17, 15) is 26.4 Å². The number of nitrogens with zero attached hydrogens (tertiary/aromatic N) is 2. The van der Waals surface area contributed by atoms with Crippen LogP contribution in [0, 0.1) is 19.8 Å². The Morgan fingerprint density at radius 3 is 2.56 bits per heavy atom. The van der Waals surface area contributed by atoms with Crippen LogP contribution in [0.4, 0.5) is 13.2 Å². The van der Waals surface area contributed by atoms with Gasteiger partial charge in [0.25, 0.3) is 0 Å². The van der Waals surface area contributed by atoms with Crippen molar-refractivity contribution in [1.29, 1.82) is 0 Å². The van der Waals surface area contributed by atoms with Crippen molar-refractivity contribution in [1.82, 2.24) is 14.8 Å². The number of halogens is 3. The van der Waals surface area contributed by atoms with Crippen LogP contribution in [0.15, 0.2) is 33.7 Å². The lowest BCUT2D eigenvalue weighted by Gasteiger charge is -2.31. The van der Waals surface area contributed by atoms with Crippen LogP contribution in [0.1, 0.15) is 29.9 Å². The van der Waals surface area contributed by atoms with E-state index >= 15 is 0 Å². The van der Waals surface area contributed by atoms with Crippen LogP contribution in [0.3, 0.4) is 0 Å². The summed E-state index contributed by atoms with van der Waals surface area (Å²) in [7, 11) is -3.83. The van der Waals surface area contributed by atoms with Crippen molar-refractivity contribution in [3.63, 3.8) is 0 Å². The average Bonchev–Trinajstić information content (AvgIpc) is 3.09. The van der Waals surface area contributed by atoms with Gasteiger partial charge in [-0.25, -0.2) is 8.42 Å². The zero-order chi connectivity index (χ0) is 23.5. The summed E-state index contributed by atoms with van der Waals surface area (Å²) < 4.78 is 73.5. The van der Waals surface area contributed by atoms with E-state index in [1.54, 1.807) is 19.1 Å². The third-order valence-electron chi connectivity index (χ3n) is 5.11. The highest BCUT2D eigenvalue weighted by Crippen LogP contribution is 2.28. The van der Waals surface area contributed by atoms with Crippen molar-refractivity contribution in [2.75, 3.05) is 19.7 Å². The predicted molar refractivity (Wildman–Crippen MR) is 107 cm³/mol.